The predicted molar refractivity (Wildman–Crippen MR) is 87.6 cm³/mol. The fourth-order valence-electron chi connectivity index (χ4n) is 3.21. The van der Waals surface area contributed by atoms with Crippen LogP contribution in [0.5, 0.6) is 5.88 Å². The topological polar surface area (TPSA) is 136 Å². The first-order valence-corrected chi connectivity index (χ1v) is 9.25. The van der Waals surface area contributed by atoms with Crippen LogP contribution in [0.2, 0.25) is 0 Å². The van der Waals surface area contributed by atoms with E-state index in [1.54, 1.807) is 6.92 Å². The number of imidazole rings is 1. The van der Waals surface area contributed by atoms with Crippen LogP contribution in [0.1, 0.15) is 20.1 Å². The van der Waals surface area contributed by atoms with Crippen LogP contribution in [0.15, 0.2) is 6.33 Å². The van der Waals surface area contributed by atoms with Crippen LogP contribution in [0.25, 0.3) is 11.2 Å². The van der Waals surface area contributed by atoms with E-state index in [9.17, 15) is 4.57 Å². The quantitative estimate of drug-likeness (QED) is 0.434. The summed E-state index contributed by atoms with van der Waals surface area (Å²) >= 11 is 0. The number of aromatic nitrogens is 4. The molecule has 2 aromatic heterocycles. The Labute approximate surface area is 152 Å². The number of rotatable bonds is 4. The molecule has 4 heterocycles. The van der Waals surface area contributed by atoms with Gasteiger partial charge in [0.15, 0.2) is 29.2 Å². The molecule has 14 heteroatoms. The van der Waals surface area contributed by atoms with Crippen LogP contribution in [-0.2, 0) is 18.3 Å². The third kappa shape index (κ3) is 2.77. The van der Waals surface area contributed by atoms with E-state index in [1.807, 2.05) is 0 Å². The lowest BCUT2D eigenvalue weighted by Gasteiger charge is -2.32. The van der Waals surface area contributed by atoms with Crippen LogP contribution >= 0.6 is 8.25 Å². The summed E-state index contributed by atoms with van der Waals surface area (Å²) < 4.78 is 63.6. The van der Waals surface area contributed by atoms with Gasteiger partial charge in [0.25, 0.3) is 5.85 Å². The Kier molecular flexibility index (Phi) is 4.31. The van der Waals surface area contributed by atoms with Crippen molar-refractivity contribution in [2.24, 2.45) is 5.84 Å². The van der Waals surface area contributed by atoms with E-state index in [0.29, 0.717) is 6.61 Å². The van der Waals surface area contributed by atoms with Gasteiger partial charge in [0.2, 0.25) is 11.8 Å². The molecule has 1 unspecified atom stereocenters. The lowest BCUT2D eigenvalue weighted by Crippen LogP contribution is -2.49. The first-order chi connectivity index (χ1) is 12.8. The number of ether oxygens (including phenoxy) is 2. The molecule has 148 valence electrons. The van der Waals surface area contributed by atoms with Gasteiger partial charge < -0.3 is 14.0 Å². The predicted octanol–water partition coefficient (Wildman–Crippen LogP) is 1.24. The minimum atomic E-state index is -3.02. The lowest BCUT2D eigenvalue weighted by molar-refractivity contribution is -0.211. The SMILES string of the molecule is CCOc1nc(NN)nc2c1ncn2[C@@H]1O[C@]2(F)CO[PH](=O)O[C@H]2[C@@]1(C)F. The number of hydrogen-bond donors (Lipinski definition) is 2. The van der Waals surface area contributed by atoms with Gasteiger partial charge in [0.05, 0.1) is 12.9 Å². The molecule has 0 bridgehead atoms. The maximum Gasteiger partial charge on any atom is 0.319 e. The molecule has 0 saturated carbocycles. The van der Waals surface area contributed by atoms with Gasteiger partial charge in [0.1, 0.15) is 6.61 Å². The van der Waals surface area contributed by atoms with Crippen LogP contribution in [-0.4, -0.2) is 50.4 Å². The standard InChI is InChI=1S/C13H17F2N6O5P/c1-3-23-8-6-7(18-11(19-8)20-16)21(5-17-6)10-12(2,14)9-13(15,25-10)4-24-27(22)26-9/h5,9-10,27H,3-4,16H2,1-2H3,(H,18,19,20)/t9-,10+,12+,13+/m0/s1. The summed E-state index contributed by atoms with van der Waals surface area (Å²) in [6.07, 6.45) is -2.05. The van der Waals surface area contributed by atoms with Crippen LogP contribution in [0.3, 0.4) is 0 Å². The second kappa shape index (κ2) is 6.31. The van der Waals surface area contributed by atoms with Crippen LogP contribution in [0.4, 0.5) is 14.7 Å². The average molecular weight is 406 g/mol. The van der Waals surface area contributed by atoms with Crippen LogP contribution in [0, 0.1) is 0 Å². The molecule has 11 nitrogen and oxygen atoms in total. The molecule has 0 amide bonds. The average Bonchev–Trinajstić information content (AvgIpc) is 3.13. The molecule has 0 spiro atoms. The molecule has 2 aliphatic heterocycles. The number of nitrogens with one attached hydrogen (secondary N) is 1. The molecule has 2 saturated heterocycles. The summed E-state index contributed by atoms with van der Waals surface area (Å²) in [6.45, 7) is 2.41. The van der Waals surface area contributed by atoms with E-state index < -0.39 is 38.7 Å². The second-order valence-corrected chi connectivity index (χ2v) is 7.22. The van der Waals surface area contributed by atoms with Gasteiger partial charge in [-0.25, -0.2) is 19.6 Å². The molecule has 0 radical (unpaired) electrons. The summed E-state index contributed by atoms with van der Waals surface area (Å²) in [4.78, 5) is 12.3. The number of hydrogen-bond acceptors (Lipinski definition) is 10. The highest BCUT2D eigenvalue weighted by Crippen LogP contribution is 2.55. The maximum absolute atomic E-state index is 15.5. The zero-order valence-electron chi connectivity index (χ0n) is 14.3. The minimum Gasteiger partial charge on any atom is -0.476 e. The van der Waals surface area contributed by atoms with E-state index in [0.717, 1.165) is 6.92 Å². The van der Waals surface area contributed by atoms with Crippen molar-refractivity contribution < 1.29 is 31.9 Å². The minimum absolute atomic E-state index is 0.0109. The van der Waals surface area contributed by atoms with Crippen molar-refractivity contribution in [2.75, 3.05) is 18.6 Å². The fourth-order valence-corrected chi connectivity index (χ4v) is 4.19. The lowest BCUT2D eigenvalue weighted by atomic mass is 9.97. The van der Waals surface area contributed by atoms with E-state index >= 15 is 8.78 Å². The Bertz CT molecular complexity index is 913. The van der Waals surface area contributed by atoms with Gasteiger partial charge >= 0.3 is 8.25 Å². The smallest absolute Gasteiger partial charge is 0.319 e. The van der Waals surface area contributed by atoms with Gasteiger partial charge in [-0.3, -0.25) is 19.1 Å². The van der Waals surface area contributed by atoms with E-state index in [-0.39, 0.29) is 23.0 Å². The summed E-state index contributed by atoms with van der Waals surface area (Å²) in [5, 5.41) is 0. The van der Waals surface area contributed by atoms with Gasteiger partial charge in [-0.05, 0) is 13.8 Å². The number of halogens is 2. The normalized spacial score (nSPS) is 36.0. The first kappa shape index (κ1) is 18.4. The second-order valence-electron chi connectivity index (χ2n) is 6.20. The molecular formula is C13H17F2N6O5P. The fraction of sp³-hybridized carbons (Fsp3) is 0.615. The van der Waals surface area contributed by atoms with E-state index in [1.165, 1.54) is 10.9 Å². The molecule has 4 rings (SSSR count). The van der Waals surface area contributed by atoms with Gasteiger partial charge in [-0.2, -0.15) is 9.97 Å². The molecule has 2 aromatic rings. The Morgan fingerprint density at radius 1 is 1.52 bits per heavy atom. The monoisotopic (exact) mass is 406 g/mol. The molecule has 0 aliphatic carbocycles. The highest BCUT2D eigenvalue weighted by atomic mass is 31.1. The highest BCUT2D eigenvalue weighted by molar-refractivity contribution is 7.33. The number of nitrogens with two attached hydrogens (primary N) is 1. The molecule has 3 N–H and O–H groups in total. The third-order valence-corrected chi connectivity index (χ3v) is 5.16. The number of anilines is 1. The molecule has 0 aromatic carbocycles. The largest absolute Gasteiger partial charge is 0.476 e. The zero-order chi connectivity index (χ0) is 19.4. The number of nitrogens with zero attached hydrogens (tertiary/aromatic N) is 4. The Morgan fingerprint density at radius 2 is 2.30 bits per heavy atom. The van der Waals surface area contributed by atoms with Crippen molar-refractivity contribution in [3.63, 3.8) is 0 Å². The van der Waals surface area contributed by atoms with Crippen LogP contribution < -0.4 is 16.0 Å². The van der Waals surface area contributed by atoms with Gasteiger partial charge in [0, 0.05) is 0 Å². The maximum atomic E-state index is 15.5. The molecule has 27 heavy (non-hydrogen) atoms. The third-order valence-electron chi connectivity index (χ3n) is 4.35. The summed E-state index contributed by atoms with van der Waals surface area (Å²) in [7, 11) is -3.02. The Morgan fingerprint density at radius 3 is 3.00 bits per heavy atom. The molecular weight excluding hydrogens is 389 g/mol. The van der Waals surface area contributed by atoms with Crippen molar-refractivity contribution in [2.45, 2.75) is 37.7 Å². The number of fused-ring (bicyclic) bond motifs is 2. The highest BCUT2D eigenvalue weighted by Gasteiger charge is 2.68. The number of hydrazine groups is 1. The zero-order valence-corrected chi connectivity index (χ0v) is 15.3. The van der Waals surface area contributed by atoms with Crippen molar-refractivity contribution in [3.05, 3.63) is 6.33 Å². The van der Waals surface area contributed by atoms with Gasteiger partial charge in [-0.15, -0.1) is 0 Å². The van der Waals surface area contributed by atoms with E-state index in [4.69, 9.17) is 19.8 Å². The van der Waals surface area contributed by atoms with Gasteiger partial charge in [-0.1, -0.05) is 0 Å². The van der Waals surface area contributed by atoms with Crippen molar-refractivity contribution in [3.8, 4) is 5.88 Å². The summed E-state index contributed by atoms with van der Waals surface area (Å²) in [5.74, 6) is 2.86. The summed E-state index contributed by atoms with van der Waals surface area (Å²) in [6, 6.07) is 0. The molecule has 2 fully saturated rings. The number of alkyl halides is 2. The molecule has 2 aliphatic rings. The first-order valence-electron chi connectivity index (χ1n) is 8.03. The van der Waals surface area contributed by atoms with Crippen molar-refractivity contribution in [1.29, 1.82) is 0 Å². The van der Waals surface area contributed by atoms with E-state index in [2.05, 4.69) is 24.9 Å². The Balaban J connectivity index is 1.82. The van der Waals surface area contributed by atoms with Crippen molar-refractivity contribution >= 4 is 25.4 Å². The number of nitrogen functional groups attached to an aromatic ring is 1. The Hall–Kier alpha value is -1.92. The molecule has 5 atom stereocenters. The summed E-state index contributed by atoms with van der Waals surface area (Å²) in [5.41, 5.74) is 0.187. The van der Waals surface area contributed by atoms with Crippen molar-refractivity contribution in [1.82, 2.24) is 19.5 Å².